The second kappa shape index (κ2) is 10.0. The van der Waals surface area contributed by atoms with Crippen LogP contribution in [-0.2, 0) is 20.7 Å². The minimum atomic E-state index is -0.920. The Kier molecular flexibility index (Phi) is 6.66. The molecular formula is C30H22O11. The Hall–Kier alpha value is -5.32. The third-order valence-electron chi connectivity index (χ3n) is 7.14. The molecule has 0 aromatic heterocycles. The summed E-state index contributed by atoms with van der Waals surface area (Å²) in [5, 5.41) is -1.19. The van der Waals surface area contributed by atoms with Gasteiger partial charge >= 0.3 is 11.9 Å². The molecule has 0 bridgehead atoms. The fourth-order valence-corrected chi connectivity index (χ4v) is 5.35. The lowest BCUT2D eigenvalue weighted by molar-refractivity contribution is -0.139. The number of ether oxygens (including phenoxy) is 5. The number of hydrogen-bond donors (Lipinski definition) is 0. The van der Waals surface area contributed by atoms with E-state index in [1.807, 2.05) is 0 Å². The molecule has 5 aromatic rings. The Morgan fingerprint density at radius 3 is 1.73 bits per heavy atom. The van der Waals surface area contributed by atoms with Gasteiger partial charge in [-0.1, -0.05) is 12.1 Å². The van der Waals surface area contributed by atoms with Crippen LogP contribution in [0, 0.1) is 0 Å². The number of carbonyl (C=O) groups excluding carboxylic acids is 2. The Balaban J connectivity index is 2.10. The van der Waals surface area contributed by atoms with Crippen LogP contribution >= 0.6 is 0 Å². The zero-order chi connectivity index (χ0) is 29.7. The van der Waals surface area contributed by atoms with Gasteiger partial charge in [-0.25, -0.2) is 4.79 Å². The van der Waals surface area contributed by atoms with E-state index < -0.39 is 40.1 Å². The van der Waals surface area contributed by atoms with Crippen LogP contribution in [0.25, 0.3) is 43.1 Å². The van der Waals surface area contributed by atoms with Crippen molar-refractivity contribution < 1.29 is 33.3 Å². The summed E-state index contributed by atoms with van der Waals surface area (Å²) >= 11 is 0. The number of benzene rings is 5. The first kappa shape index (κ1) is 27.3. The molecule has 0 radical (unpaired) electrons. The Bertz CT molecular complexity index is 2170. The van der Waals surface area contributed by atoms with Gasteiger partial charge in [-0.3, -0.25) is 24.0 Å². The number of esters is 2. The van der Waals surface area contributed by atoms with Gasteiger partial charge < -0.3 is 23.7 Å². The first-order valence-corrected chi connectivity index (χ1v) is 12.1. The van der Waals surface area contributed by atoms with Crippen LogP contribution in [0.5, 0.6) is 17.2 Å². The summed E-state index contributed by atoms with van der Waals surface area (Å²) in [5.41, 5.74) is -2.93. The SMILES string of the molecule is COC(=O)Cc1cc2c(=O)c3cc4c(=O)c5cccc(OC)c5c(=O)c4c(OC)c3c(=O)c2c(OC)c1C(=O)OC. The van der Waals surface area contributed by atoms with E-state index in [9.17, 15) is 28.8 Å². The minimum Gasteiger partial charge on any atom is -0.496 e. The standard InChI is InChI=1S/C30H22O11/c1-37-17-8-6-7-13-20(17)26(34)22-15(24(13)32)11-16-23(29(22)40-4)27(35)21-14(25(16)33)9-12(10-18(31)38-2)19(28(21)39-3)30(36)41-5/h6-9,11H,10H2,1-5H3. The van der Waals surface area contributed by atoms with Crippen LogP contribution in [0.2, 0.25) is 0 Å². The fourth-order valence-electron chi connectivity index (χ4n) is 5.35. The summed E-state index contributed by atoms with van der Waals surface area (Å²) in [7, 11) is 6.01. The summed E-state index contributed by atoms with van der Waals surface area (Å²) < 4.78 is 25.9. The lowest BCUT2D eigenvalue weighted by Crippen LogP contribution is -2.21. The Morgan fingerprint density at radius 1 is 0.610 bits per heavy atom. The summed E-state index contributed by atoms with van der Waals surface area (Å²) in [4.78, 5) is 80.4. The van der Waals surface area contributed by atoms with Gasteiger partial charge in [0.2, 0.25) is 10.9 Å². The van der Waals surface area contributed by atoms with E-state index in [4.69, 9.17) is 23.7 Å². The van der Waals surface area contributed by atoms with Crippen LogP contribution in [0.4, 0.5) is 0 Å². The van der Waals surface area contributed by atoms with E-state index in [0.29, 0.717) is 0 Å². The Morgan fingerprint density at radius 2 is 1.17 bits per heavy atom. The second-order valence-electron chi connectivity index (χ2n) is 9.07. The fraction of sp³-hybridized carbons (Fsp3) is 0.200. The van der Waals surface area contributed by atoms with E-state index in [1.54, 1.807) is 6.07 Å². The van der Waals surface area contributed by atoms with E-state index in [-0.39, 0.29) is 71.5 Å². The average molecular weight is 558 g/mol. The molecule has 11 heteroatoms. The van der Waals surface area contributed by atoms with Crippen molar-refractivity contribution in [1.82, 2.24) is 0 Å². The maximum Gasteiger partial charge on any atom is 0.341 e. The third kappa shape index (κ3) is 3.80. The number of carbonyl (C=O) groups is 2. The van der Waals surface area contributed by atoms with Crippen molar-refractivity contribution in [3.63, 3.8) is 0 Å². The molecule has 208 valence electrons. The highest BCUT2D eigenvalue weighted by molar-refractivity contribution is 6.15. The number of methoxy groups -OCH3 is 5. The molecule has 5 rings (SSSR count). The summed E-state index contributed by atoms with van der Waals surface area (Å²) in [6.45, 7) is 0. The molecule has 5 aromatic carbocycles. The summed E-state index contributed by atoms with van der Waals surface area (Å²) in [6.07, 6.45) is -0.433. The number of fused-ring (bicyclic) bond motifs is 4. The smallest absolute Gasteiger partial charge is 0.341 e. The van der Waals surface area contributed by atoms with Gasteiger partial charge in [-0.15, -0.1) is 0 Å². The van der Waals surface area contributed by atoms with Crippen molar-refractivity contribution in [1.29, 1.82) is 0 Å². The largest absolute Gasteiger partial charge is 0.496 e. The molecule has 0 aliphatic heterocycles. The van der Waals surface area contributed by atoms with Crippen LogP contribution in [-0.4, -0.2) is 47.5 Å². The molecule has 0 aliphatic rings. The monoisotopic (exact) mass is 558 g/mol. The predicted molar refractivity (Wildman–Crippen MR) is 151 cm³/mol. The molecule has 0 fully saturated rings. The zero-order valence-corrected chi connectivity index (χ0v) is 22.6. The minimum absolute atomic E-state index is 0.00116. The van der Waals surface area contributed by atoms with Crippen molar-refractivity contribution in [2.75, 3.05) is 35.5 Å². The van der Waals surface area contributed by atoms with Gasteiger partial charge in [0.15, 0.2) is 10.9 Å². The van der Waals surface area contributed by atoms with Crippen LogP contribution in [0.3, 0.4) is 0 Å². The molecule has 0 unspecified atom stereocenters. The molecule has 11 nitrogen and oxygen atoms in total. The van der Waals surface area contributed by atoms with Crippen LogP contribution in [0.1, 0.15) is 15.9 Å². The first-order chi connectivity index (χ1) is 19.6. The topological polar surface area (TPSA) is 149 Å². The van der Waals surface area contributed by atoms with E-state index in [0.717, 1.165) is 14.2 Å². The predicted octanol–water partition coefficient (Wildman–Crippen LogP) is 2.14. The zero-order valence-electron chi connectivity index (χ0n) is 22.6. The van der Waals surface area contributed by atoms with E-state index in [1.165, 1.54) is 45.6 Å². The second-order valence-corrected chi connectivity index (χ2v) is 9.07. The van der Waals surface area contributed by atoms with Gasteiger partial charge in [0.05, 0.1) is 63.5 Å². The third-order valence-corrected chi connectivity index (χ3v) is 7.14. The summed E-state index contributed by atoms with van der Waals surface area (Å²) in [5.74, 6) is -2.07. The van der Waals surface area contributed by atoms with Crippen molar-refractivity contribution in [2.24, 2.45) is 0 Å². The maximum atomic E-state index is 14.1. The molecular weight excluding hydrogens is 536 g/mol. The van der Waals surface area contributed by atoms with Gasteiger partial charge in [0, 0.05) is 21.5 Å². The lowest BCUT2D eigenvalue weighted by Gasteiger charge is -2.16. The highest BCUT2D eigenvalue weighted by atomic mass is 16.5. The van der Waals surface area contributed by atoms with E-state index >= 15 is 0 Å². The van der Waals surface area contributed by atoms with Crippen molar-refractivity contribution in [3.8, 4) is 17.2 Å². The highest BCUT2D eigenvalue weighted by Gasteiger charge is 2.29. The number of hydrogen-bond acceptors (Lipinski definition) is 11. The maximum absolute atomic E-state index is 14.1. The molecule has 0 aliphatic carbocycles. The van der Waals surface area contributed by atoms with Gasteiger partial charge in [-0.2, -0.15) is 0 Å². The molecule has 0 amide bonds. The normalized spacial score (nSPS) is 11.2. The molecule has 0 atom stereocenters. The molecule has 0 saturated heterocycles. The van der Waals surface area contributed by atoms with Crippen molar-refractivity contribution in [3.05, 3.63) is 82.4 Å². The molecule has 0 heterocycles. The number of rotatable bonds is 6. The van der Waals surface area contributed by atoms with Crippen molar-refractivity contribution >= 4 is 55.0 Å². The Labute approximate surface area is 230 Å². The van der Waals surface area contributed by atoms with Crippen molar-refractivity contribution in [2.45, 2.75) is 6.42 Å². The molecule has 0 spiro atoms. The highest BCUT2D eigenvalue weighted by Crippen LogP contribution is 2.36. The van der Waals surface area contributed by atoms with Gasteiger partial charge in [-0.05, 0) is 23.8 Å². The van der Waals surface area contributed by atoms with E-state index in [2.05, 4.69) is 0 Å². The quantitative estimate of drug-likeness (QED) is 0.223. The van der Waals surface area contributed by atoms with Crippen LogP contribution in [0.15, 0.2) is 49.5 Å². The van der Waals surface area contributed by atoms with Gasteiger partial charge in [0.25, 0.3) is 0 Å². The molecule has 0 saturated carbocycles. The summed E-state index contributed by atoms with van der Waals surface area (Å²) in [6, 6.07) is 6.97. The lowest BCUT2D eigenvalue weighted by atomic mass is 9.91. The molecule has 41 heavy (non-hydrogen) atoms. The first-order valence-electron chi connectivity index (χ1n) is 12.1. The van der Waals surface area contributed by atoms with Gasteiger partial charge in [0.1, 0.15) is 22.8 Å². The molecule has 0 N–H and O–H groups in total. The van der Waals surface area contributed by atoms with Crippen LogP contribution < -0.4 is 35.9 Å². The average Bonchev–Trinajstić information content (AvgIpc) is 2.99.